The minimum atomic E-state index is -0.496. The predicted octanol–water partition coefficient (Wildman–Crippen LogP) is 16.4. The highest BCUT2D eigenvalue weighted by molar-refractivity contribution is 7.25. The SMILES string of the molecule is c1ccc(C2(c3cccc(N(c4ccc(-c5ccc6ccccc6c5)cc4)c4ccc(-c5ccc6sc7ccccc7c6c5)cc4)c3)c3ccccc3-c3ccccc32)cc1. The molecule has 10 aromatic carbocycles. The molecule has 0 atom stereocenters. The van der Waals surface area contributed by atoms with Gasteiger partial charge in [0.05, 0.1) is 5.41 Å². The van der Waals surface area contributed by atoms with Crippen LogP contribution in [0.4, 0.5) is 17.1 Å². The molecule has 61 heavy (non-hydrogen) atoms. The Morgan fingerprint density at radius 2 is 0.852 bits per heavy atom. The Kier molecular flexibility index (Phi) is 8.33. The standard InChI is InChI=1S/C59H39NS/c1-2-15-46(16-3-1)59(55-22-9-6-19-51(55)52-20-7-10-23-56(52)59)47-17-12-18-50(39-47)60(48-32-27-41(28-33-48)44-26-25-40-13-4-5-14-43(40)37-44)49-34-29-42(30-35-49)45-31-36-58-54(38-45)53-21-8-11-24-57(53)61-58/h1-39H. The lowest BCUT2D eigenvalue weighted by Crippen LogP contribution is -2.28. The number of hydrogen-bond acceptors (Lipinski definition) is 2. The summed E-state index contributed by atoms with van der Waals surface area (Å²) in [6.07, 6.45) is 0. The van der Waals surface area contributed by atoms with E-state index in [4.69, 9.17) is 0 Å². The minimum Gasteiger partial charge on any atom is -0.310 e. The minimum absolute atomic E-state index is 0.496. The molecule has 0 amide bonds. The van der Waals surface area contributed by atoms with Crippen LogP contribution in [0.2, 0.25) is 0 Å². The molecule has 12 rings (SSSR count). The van der Waals surface area contributed by atoms with Crippen LogP contribution in [0.15, 0.2) is 237 Å². The summed E-state index contributed by atoms with van der Waals surface area (Å²) in [5.41, 5.74) is 15.3. The molecule has 0 spiro atoms. The highest BCUT2D eigenvalue weighted by Gasteiger charge is 2.46. The summed E-state index contributed by atoms with van der Waals surface area (Å²) in [4.78, 5) is 2.42. The molecule has 11 aromatic rings. The topological polar surface area (TPSA) is 3.24 Å². The van der Waals surface area contributed by atoms with Gasteiger partial charge in [0.15, 0.2) is 0 Å². The van der Waals surface area contributed by atoms with E-state index in [-0.39, 0.29) is 0 Å². The highest BCUT2D eigenvalue weighted by Crippen LogP contribution is 2.56. The molecule has 0 unspecified atom stereocenters. The van der Waals surface area contributed by atoms with E-state index in [0.717, 1.165) is 17.1 Å². The average molecular weight is 794 g/mol. The normalized spacial score (nSPS) is 12.7. The third-order valence-electron chi connectivity index (χ3n) is 12.7. The van der Waals surface area contributed by atoms with E-state index in [1.165, 1.54) is 86.6 Å². The van der Waals surface area contributed by atoms with E-state index >= 15 is 0 Å². The zero-order valence-corrected chi connectivity index (χ0v) is 34.2. The van der Waals surface area contributed by atoms with E-state index < -0.39 is 5.41 Å². The first-order valence-corrected chi connectivity index (χ1v) is 21.8. The van der Waals surface area contributed by atoms with Crippen molar-refractivity contribution >= 4 is 59.3 Å². The number of fused-ring (bicyclic) bond motifs is 7. The van der Waals surface area contributed by atoms with Gasteiger partial charge in [-0.05, 0) is 127 Å². The molecule has 0 radical (unpaired) electrons. The van der Waals surface area contributed by atoms with Gasteiger partial charge in [-0.3, -0.25) is 0 Å². The van der Waals surface area contributed by atoms with Crippen molar-refractivity contribution in [3.8, 4) is 33.4 Å². The fourth-order valence-corrected chi connectivity index (χ4v) is 11.0. The first kappa shape index (κ1) is 35.4. The monoisotopic (exact) mass is 793 g/mol. The summed E-state index contributed by atoms with van der Waals surface area (Å²) in [5, 5.41) is 5.13. The number of benzene rings is 10. The molecule has 1 heterocycles. The largest absolute Gasteiger partial charge is 0.310 e. The maximum absolute atomic E-state index is 2.42. The van der Waals surface area contributed by atoms with Gasteiger partial charge >= 0.3 is 0 Å². The smallest absolute Gasteiger partial charge is 0.0714 e. The Balaban J connectivity index is 1.01. The van der Waals surface area contributed by atoms with Crippen LogP contribution in [0.5, 0.6) is 0 Å². The molecule has 1 aliphatic rings. The molecule has 1 aliphatic carbocycles. The van der Waals surface area contributed by atoms with Crippen molar-refractivity contribution in [2.24, 2.45) is 0 Å². The van der Waals surface area contributed by atoms with Crippen LogP contribution in [0.25, 0.3) is 64.3 Å². The Morgan fingerprint density at radius 1 is 0.311 bits per heavy atom. The Hall–Kier alpha value is -7.52. The Bertz CT molecular complexity index is 3370. The van der Waals surface area contributed by atoms with Crippen molar-refractivity contribution in [2.75, 3.05) is 4.90 Å². The zero-order chi connectivity index (χ0) is 40.3. The number of hydrogen-bond donors (Lipinski definition) is 0. The van der Waals surface area contributed by atoms with Crippen molar-refractivity contribution in [1.82, 2.24) is 0 Å². The summed E-state index contributed by atoms with van der Waals surface area (Å²) in [6.45, 7) is 0. The first-order valence-electron chi connectivity index (χ1n) is 21.0. The molecule has 0 N–H and O–H groups in total. The molecule has 1 nitrogen and oxygen atoms in total. The summed E-state index contributed by atoms with van der Waals surface area (Å²) >= 11 is 1.86. The molecule has 0 saturated heterocycles. The predicted molar refractivity (Wildman–Crippen MR) is 260 cm³/mol. The van der Waals surface area contributed by atoms with Crippen molar-refractivity contribution in [1.29, 1.82) is 0 Å². The highest BCUT2D eigenvalue weighted by atomic mass is 32.1. The lowest BCUT2D eigenvalue weighted by molar-refractivity contribution is 0.768. The van der Waals surface area contributed by atoms with Gasteiger partial charge in [-0.25, -0.2) is 0 Å². The van der Waals surface area contributed by atoms with Crippen molar-refractivity contribution in [2.45, 2.75) is 5.41 Å². The zero-order valence-electron chi connectivity index (χ0n) is 33.4. The van der Waals surface area contributed by atoms with E-state index in [0.29, 0.717) is 0 Å². The van der Waals surface area contributed by atoms with Gasteiger partial charge in [0, 0.05) is 37.2 Å². The summed E-state index contributed by atoms with van der Waals surface area (Å²) in [6, 6.07) is 87.4. The molecule has 0 fully saturated rings. The first-order chi connectivity index (χ1) is 30.2. The van der Waals surface area contributed by atoms with Crippen LogP contribution in [0.1, 0.15) is 22.3 Å². The number of rotatable bonds is 7. The summed E-state index contributed by atoms with van der Waals surface area (Å²) in [7, 11) is 0. The molecule has 1 aromatic heterocycles. The second-order valence-corrected chi connectivity index (χ2v) is 17.1. The van der Waals surface area contributed by atoms with Crippen molar-refractivity contribution in [3.05, 3.63) is 259 Å². The maximum Gasteiger partial charge on any atom is 0.0714 e. The van der Waals surface area contributed by atoms with Crippen LogP contribution in [-0.2, 0) is 5.41 Å². The number of thiophene rings is 1. The van der Waals surface area contributed by atoms with Crippen LogP contribution >= 0.6 is 11.3 Å². The van der Waals surface area contributed by atoms with Crippen LogP contribution in [0.3, 0.4) is 0 Å². The third-order valence-corrected chi connectivity index (χ3v) is 13.9. The second kappa shape index (κ2) is 14.3. The van der Waals surface area contributed by atoms with Crippen LogP contribution in [0, 0.1) is 0 Å². The average Bonchev–Trinajstić information content (AvgIpc) is 3.86. The molecule has 286 valence electrons. The molecular weight excluding hydrogens is 755 g/mol. The Morgan fingerprint density at radius 3 is 1.57 bits per heavy atom. The van der Waals surface area contributed by atoms with Gasteiger partial charge in [-0.1, -0.05) is 176 Å². The quantitative estimate of drug-likeness (QED) is 0.155. The number of anilines is 3. The van der Waals surface area contributed by atoms with Gasteiger partial charge in [0.1, 0.15) is 0 Å². The number of nitrogens with zero attached hydrogens (tertiary/aromatic N) is 1. The maximum atomic E-state index is 2.42. The lowest BCUT2D eigenvalue weighted by Gasteiger charge is -2.35. The van der Waals surface area contributed by atoms with E-state index in [2.05, 4.69) is 241 Å². The third kappa shape index (κ3) is 5.75. The van der Waals surface area contributed by atoms with E-state index in [1.807, 2.05) is 11.3 Å². The lowest BCUT2D eigenvalue weighted by atomic mass is 9.67. The van der Waals surface area contributed by atoms with Gasteiger partial charge in [-0.2, -0.15) is 0 Å². The summed E-state index contributed by atoms with van der Waals surface area (Å²) < 4.78 is 2.65. The van der Waals surface area contributed by atoms with Crippen LogP contribution < -0.4 is 4.90 Å². The van der Waals surface area contributed by atoms with Crippen LogP contribution in [-0.4, -0.2) is 0 Å². The van der Waals surface area contributed by atoms with E-state index in [1.54, 1.807) is 0 Å². The van der Waals surface area contributed by atoms with Gasteiger partial charge in [0.25, 0.3) is 0 Å². The molecule has 0 aliphatic heterocycles. The van der Waals surface area contributed by atoms with Gasteiger partial charge in [0.2, 0.25) is 0 Å². The van der Waals surface area contributed by atoms with Crippen molar-refractivity contribution in [3.63, 3.8) is 0 Å². The fourth-order valence-electron chi connectivity index (χ4n) is 9.92. The molecule has 0 bridgehead atoms. The second-order valence-electron chi connectivity index (χ2n) is 16.1. The molecule has 2 heteroatoms. The van der Waals surface area contributed by atoms with Gasteiger partial charge < -0.3 is 4.90 Å². The summed E-state index contributed by atoms with van der Waals surface area (Å²) in [5.74, 6) is 0. The van der Waals surface area contributed by atoms with Gasteiger partial charge in [-0.15, -0.1) is 11.3 Å². The van der Waals surface area contributed by atoms with Crippen molar-refractivity contribution < 1.29 is 0 Å². The Labute approximate surface area is 360 Å². The van der Waals surface area contributed by atoms with E-state index in [9.17, 15) is 0 Å². The molecule has 0 saturated carbocycles. The fraction of sp³-hybridized carbons (Fsp3) is 0.0169. The molecular formula is C59H39NS.